The van der Waals surface area contributed by atoms with Gasteiger partial charge >= 0.3 is 5.97 Å². The number of amides is 1. The van der Waals surface area contributed by atoms with Crippen LogP contribution in [0.5, 0.6) is 0 Å². The fourth-order valence-corrected chi connectivity index (χ4v) is 1.89. The van der Waals surface area contributed by atoms with Gasteiger partial charge in [-0.15, -0.1) is 0 Å². The second-order valence-corrected chi connectivity index (χ2v) is 5.58. The molecule has 1 rings (SSSR count). The number of carbonyl (C=O) groups excluding carboxylic acids is 1. The summed E-state index contributed by atoms with van der Waals surface area (Å²) in [4.78, 5) is 22.8. The van der Waals surface area contributed by atoms with Crippen LogP contribution in [0, 0.1) is 6.92 Å². The molecule has 106 valence electrons. The van der Waals surface area contributed by atoms with Gasteiger partial charge in [-0.05, 0) is 20.8 Å². The third kappa shape index (κ3) is 3.81. The van der Waals surface area contributed by atoms with E-state index >= 15 is 0 Å². The number of nitrogens with zero attached hydrogens (tertiary/aromatic N) is 1. The highest BCUT2D eigenvalue weighted by atomic mass is 16.5. The zero-order chi connectivity index (χ0) is 14.8. The van der Waals surface area contributed by atoms with Crippen molar-refractivity contribution in [1.82, 2.24) is 10.5 Å². The Morgan fingerprint density at radius 2 is 2.00 bits per heavy atom. The Morgan fingerprint density at radius 3 is 2.42 bits per heavy atom. The molecule has 1 aromatic heterocycles. The highest BCUT2D eigenvalue weighted by Gasteiger charge is 2.27. The van der Waals surface area contributed by atoms with Gasteiger partial charge in [-0.2, -0.15) is 0 Å². The number of aromatic nitrogens is 1. The van der Waals surface area contributed by atoms with Crippen molar-refractivity contribution in [3.8, 4) is 0 Å². The summed E-state index contributed by atoms with van der Waals surface area (Å²) >= 11 is 0. The van der Waals surface area contributed by atoms with Crippen molar-refractivity contribution in [3.63, 3.8) is 0 Å². The first-order valence-corrected chi connectivity index (χ1v) is 6.14. The molecule has 0 spiro atoms. The molecule has 0 atom stereocenters. The van der Waals surface area contributed by atoms with Gasteiger partial charge in [0.05, 0.1) is 6.42 Å². The Bertz CT molecular complexity index is 489. The molecule has 0 aliphatic rings. The van der Waals surface area contributed by atoms with Crippen LogP contribution in [0.1, 0.15) is 61.8 Å². The van der Waals surface area contributed by atoms with Gasteiger partial charge in [0.15, 0.2) is 5.69 Å². The minimum Gasteiger partial charge on any atom is -0.481 e. The standard InChI is InChI=1S/C13H20N2O4/c1-7(2)11-8(3)10(15-19-11)12(18)14-13(4,5)6-9(16)17/h7H,6H2,1-5H3,(H,14,18)(H,16,17). The van der Waals surface area contributed by atoms with Gasteiger partial charge in [-0.1, -0.05) is 19.0 Å². The largest absolute Gasteiger partial charge is 0.481 e. The van der Waals surface area contributed by atoms with E-state index in [2.05, 4.69) is 10.5 Å². The Morgan fingerprint density at radius 1 is 1.42 bits per heavy atom. The van der Waals surface area contributed by atoms with Gasteiger partial charge in [0, 0.05) is 17.0 Å². The molecule has 1 amide bonds. The Balaban J connectivity index is 2.87. The van der Waals surface area contributed by atoms with Crippen LogP contribution in [0.2, 0.25) is 0 Å². The number of hydrogen-bond donors (Lipinski definition) is 2. The fraction of sp³-hybridized carbons (Fsp3) is 0.615. The smallest absolute Gasteiger partial charge is 0.305 e. The van der Waals surface area contributed by atoms with Crippen LogP contribution >= 0.6 is 0 Å². The molecular weight excluding hydrogens is 248 g/mol. The van der Waals surface area contributed by atoms with E-state index in [-0.39, 0.29) is 18.0 Å². The monoisotopic (exact) mass is 268 g/mol. The van der Waals surface area contributed by atoms with Crippen molar-refractivity contribution in [2.75, 3.05) is 0 Å². The third-order valence-electron chi connectivity index (χ3n) is 2.74. The minimum absolute atomic E-state index is 0.140. The Hall–Kier alpha value is -1.85. The van der Waals surface area contributed by atoms with E-state index in [9.17, 15) is 9.59 Å². The lowest BCUT2D eigenvalue weighted by molar-refractivity contribution is -0.138. The quantitative estimate of drug-likeness (QED) is 0.853. The Kier molecular flexibility index (Phi) is 4.34. The molecule has 0 unspecified atom stereocenters. The molecule has 0 radical (unpaired) electrons. The normalized spacial score (nSPS) is 11.7. The first-order chi connectivity index (χ1) is 8.64. The predicted molar refractivity (Wildman–Crippen MR) is 69.1 cm³/mol. The van der Waals surface area contributed by atoms with Gasteiger partial charge < -0.3 is 14.9 Å². The van der Waals surface area contributed by atoms with Crippen molar-refractivity contribution < 1.29 is 19.2 Å². The van der Waals surface area contributed by atoms with Crippen LogP contribution in [0.15, 0.2) is 4.52 Å². The van der Waals surface area contributed by atoms with Gasteiger partial charge in [-0.25, -0.2) is 0 Å². The lowest BCUT2D eigenvalue weighted by atomic mass is 10.00. The molecule has 0 saturated heterocycles. The molecule has 0 fully saturated rings. The van der Waals surface area contributed by atoms with Crippen molar-refractivity contribution in [3.05, 3.63) is 17.0 Å². The van der Waals surface area contributed by atoms with Crippen molar-refractivity contribution in [1.29, 1.82) is 0 Å². The van der Waals surface area contributed by atoms with E-state index < -0.39 is 17.4 Å². The number of rotatable bonds is 5. The van der Waals surface area contributed by atoms with Crippen LogP contribution in [0.3, 0.4) is 0 Å². The molecule has 2 N–H and O–H groups in total. The SMILES string of the molecule is Cc1c(C(=O)NC(C)(C)CC(=O)O)noc1C(C)C. The van der Waals surface area contributed by atoms with E-state index in [0.717, 1.165) is 0 Å². The maximum absolute atomic E-state index is 12.1. The molecule has 1 heterocycles. The molecular formula is C13H20N2O4. The summed E-state index contributed by atoms with van der Waals surface area (Å²) in [5.41, 5.74) is 0.0625. The van der Waals surface area contributed by atoms with E-state index in [1.54, 1.807) is 20.8 Å². The fourth-order valence-electron chi connectivity index (χ4n) is 1.89. The summed E-state index contributed by atoms with van der Waals surface area (Å²) in [6, 6.07) is 0. The molecule has 0 aliphatic carbocycles. The molecule has 6 heteroatoms. The van der Waals surface area contributed by atoms with Gasteiger partial charge in [0.2, 0.25) is 0 Å². The van der Waals surface area contributed by atoms with E-state index in [1.165, 1.54) is 0 Å². The second-order valence-electron chi connectivity index (χ2n) is 5.58. The van der Waals surface area contributed by atoms with Gasteiger partial charge in [0.1, 0.15) is 5.76 Å². The first kappa shape index (κ1) is 15.2. The van der Waals surface area contributed by atoms with E-state index in [1.807, 2.05) is 13.8 Å². The van der Waals surface area contributed by atoms with Crippen LogP contribution in [-0.2, 0) is 4.79 Å². The first-order valence-electron chi connectivity index (χ1n) is 6.14. The van der Waals surface area contributed by atoms with Crippen LogP contribution < -0.4 is 5.32 Å². The van der Waals surface area contributed by atoms with Crippen LogP contribution in [-0.4, -0.2) is 27.7 Å². The number of hydrogen-bond acceptors (Lipinski definition) is 4. The number of carboxylic acids is 1. The summed E-state index contributed by atoms with van der Waals surface area (Å²) in [7, 11) is 0. The molecule has 19 heavy (non-hydrogen) atoms. The summed E-state index contributed by atoms with van der Waals surface area (Å²) in [6.45, 7) is 8.97. The number of carboxylic acid groups (broad SMARTS) is 1. The summed E-state index contributed by atoms with van der Waals surface area (Å²) < 4.78 is 5.15. The molecule has 0 aliphatic heterocycles. The zero-order valence-electron chi connectivity index (χ0n) is 11.9. The highest BCUT2D eigenvalue weighted by Crippen LogP contribution is 2.22. The lowest BCUT2D eigenvalue weighted by Crippen LogP contribution is -2.45. The predicted octanol–water partition coefficient (Wildman–Crippen LogP) is 2.09. The Labute approximate surface area is 112 Å². The highest BCUT2D eigenvalue weighted by molar-refractivity contribution is 5.94. The molecule has 1 aromatic rings. The van der Waals surface area contributed by atoms with Gasteiger partial charge in [0.25, 0.3) is 5.91 Å². The van der Waals surface area contributed by atoms with Crippen molar-refractivity contribution >= 4 is 11.9 Å². The maximum Gasteiger partial charge on any atom is 0.305 e. The molecule has 0 bridgehead atoms. The van der Waals surface area contributed by atoms with Crippen molar-refractivity contribution in [2.24, 2.45) is 0 Å². The summed E-state index contributed by atoms with van der Waals surface area (Å²) in [5.74, 6) is -0.577. The van der Waals surface area contributed by atoms with Gasteiger partial charge in [-0.3, -0.25) is 9.59 Å². The summed E-state index contributed by atoms with van der Waals surface area (Å²) in [5, 5.41) is 15.2. The van der Waals surface area contributed by atoms with Crippen LogP contribution in [0.25, 0.3) is 0 Å². The van der Waals surface area contributed by atoms with E-state index in [0.29, 0.717) is 11.3 Å². The average molecular weight is 268 g/mol. The third-order valence-corrected chi connectivity index (χ3v) is 2.74. The molecule has 6 nitrogen and oxygen atoms in total. The molecule has 0 saturated carbocycles. The topological polar surface area (TPSA) is 92.4 Å². The summed E-state index contributed by atoms with van der Waals surface area (Å²) in [6.07, 6.45) is -0.160. The molecule has 0 aromatic carbocycles. The second kappa shape index (κ2) is 5.42. The number of aliphatic carboxylic acids is 1. The zero-order valence-corrected chi connectivity index (χ0v) is 11.9. The maximum atomic E-state index is 12.1. The minimum atomic E-state index is -0.968. The van der Waals surface area contributed by atoms with Crippen LogP contribution in [0.4, 0.5) is 0 Å². The average Bonchev–Trinajstić information content (AvgIpc) is 2.56. The van der Waals surface area contributed by atoms with E-state index in [4.69, 9.17) is 9.63 Å². The number of nitrogens with one attached hydrogen (secondary N) is 1. The lowest BCUT2D eigenvalue weighted by Gasteiger charge is -2.23. The number of carbonyl (C=O) groups is 2. The van der Waals surface area contributed by atoms with Crippen molar-refractivity contribution in [2.45, 2.75) is 52.5 Å².